The molecule has 2 aliphatic heterocycles. The van der Waals surface area contributed by atoms with Gasteiger partial charge in [-0.05, 0) is 103 Å². The Morgan fingerprint density at radius 3 is 2.37 bits per heavy atom. The van der Waals surface area contributed by atoms with Crippen LogP contribution in [0.4, 0.5) is 0 Å². The average molecular weight is 879 g/mol. The molecule has 5 aromatic rings. The molecule has 1 amide bonds. The number of nitrogens with one attached hydrogen (secondary N) is 1. The van der Waals surface area contributed by atoms with E-state index in [0.717, 1.165) is 40.8 Å². The highest BCUT2D eigenvalue weighted by Gasteiger charge is 2.45. The molecule has 1 aliphatic carbocycles. The number of cyclic esters (lactones) is 1. The van der Waals surface area contributed by atoms with Crippen LogP contribution in [0.25, 0.3) is 22.3 Å². The average Bonchev–Trinajstić information content (AvgIpc) is 3.67. The summed E-state index contributed by atoms with van der Waals surface area (Å²) in [6.45, 7) is 7.11. The highest BCUT2D eigenvalue weighted by Crippen LogP contribution is 2.43. The minimum Gasteiger partial charge on any atom is -0.458 e. The highest BCUT2D eigenvalue weighted by molar-refractivity contribution is 6.30. The van der Waals surface area contributed by atoms with Gasteiger partial charge in [-0.25, -0.2) is 14.6 Å². The van der Waals surface area contributed by atoms with Crippen LogP contribution in [0.5, 0.6) is 5.75 Å². The Kier molecular flexibility index (Phi) is 14.7. The number of esters is 2. The van der Waals surface area contributed by atoms with Crippen molar-refractivity contribution in [2.45, 2.75) is 89.4 Å². The van der Waals surface area contributed by atoms with Crippen LogP contribution in [0, 0.1) is 0 Å². The van der Waals surface area contributed by atoms with Crippen LogP contribution < -0.4 is 21.3 Å². The van der Waals surface area contributed by atoms with Gasteiger partial charge in [0, 0.05) is 34.6 Å². The first-order valence-corrected chi connectivity index (χ1v) is 22.2. The lowest BCUT2D eigenvalue weighted by Crippen LogP contribution is -2.44. The topological polar surface area (TPSA) is 181 Å². The van der Waals surface area contributed by atoms with Gasteiger partial charge in [-0.3, -0.25) is 9.59 Å². The Hall–Kier alpha value is -5.44. The zero-order valence-corrected chi connectivity index (χ0v) is 36.6. The highest BCUT2D eigenvalue weighted by atomic mass is 35.5. The third-order valence-corrected chi connectivity index (χ3v) is 12.7. The normalized spacial score (nSPS) is 17.1. The van der Waals surface area contributed by atoms with Gasteiger partial charge in [-0.2, -0.15) is 0 Å². The number of pyridine rings is 2. The smallest absolute Gasteiger partial charge is 0.343 e. The fourth-order valence-corrected chi connectivity index (χ4v) is 9.24. The van der Waals surface area contributed by atoms with Crippen LogP contribution >= 0.6 is 11.6 Å². The fraction of sp³-hybridized carbons (Fsp3) is 0.408. The summed E-state index contributed by atoms with van der Waals surface area (Å²) in [5, 5.41) is 15.3. The number of hydrogen-bond acceptors (Lipinski definition) is 11. The van der Waals surface area contributed by atoms with Gasteiger partial charge in [0.25, 0.3) is 5.56 Å². The largest absolute Gasteiger partial charge is 0.458 e. The number of rotatable bonds is 16. The van der Waals surface area contributed by atoms with Crippen molar-refractivity contribution in [2.24, 2.45) is 5.73 Å². The summed E-state index contributed by atoms with van der Waals surface area (Å²) < 4.78 is 22.9. The first-order valence-electron chi connectivity index (χ1n) is 21.8. The summed E-state index contributed by atoms with van der Waals surface area (Å²) in [5.74, 6) is -0.785. The molecule has 1 saturated carbocycles. The number of nitrogens with zero attached hydrogens (tertiary/aromatic N) is 2. The number of aromatic nitrogens is 2. The Labute approximate surface area is 371 Å². The van der Waals surface area contributed by atoms with Gasteiger partial charge < -0.3 is 39.7 Å². The summed E-state index contributed by atoms with van der Waals surface area (Å²) in [4.78, 5) is 54.3. The third kappa shape index (κ3) is 9.73. The molecule has 0 radical (unpaired) electrons. The van der Waals surface area contributed by atoms with Crippen molar-refractivity contribution in [3.8, 4) is 17.1 Å². The van der Waals surface area contributed by atoms with Crippen LogP contribution in [0.1, 0.15) is 96.1 Å². The van der Waals surface area contributed by atoms with Gasteiger partial charge in [0.2, 0.25) is 6.41 Å². The second-order valence-corrected chi connectivity index (χ2v) is 16.7. The molecule has 2 aromatic heterocycles. The van der Waals surface area contributed by atoms with E-state index >= 15 is 0 Å². The molecule has 1 fully saturated rings. The number of benzene rings is 3. The number of nitrogens with two attached hydrogens (primary N) is 1. The second-order valence-electron chi connectivity index (χ2n) is 16.2. The summed E-state index contributed by atoms with van der Waals surface area (Å²) >= 11 is 6.21. The van der Waals surface area contributed by atoms with E-state index in [0.29, 0.717) is 87.1 Å². The lowest BCUT2D eigenvalue weighted by Gasteiger charge is -2.38. The molecule has 13 nitrogen and oxygen atoms in total. The number of fused-ring (bicyclic) bond motifs is 5. The van der Waals surface area contributed by atoms with Crippen molar-refractivity contribution >= 4 is 40.9 Å². The first kappa shape index (κ1) is 45.6. The number of halogens is 1. The molecule has 1 unspecified atom stereocenters. The third-order valence-electron chi connectivity index (χ3n) is 12.4. The number of amides is 1. The van der Waals surface area contributed by atoms with E-state index in [1.165, 1.54) is 30.4 Å². The van der Waals surface area contributed by atoms with Gasteiger partial charge >= 0.3 is 11.9 Å². The molecule has 0 saturated heterocycles. The van der Waals surface area contributed by atoms with Crippen LogP contribution in [0.2, 0.25) is 5.02 Å². The van der Waals surface area contributed by atoms with Gasteiger partial charge in [0.1, 0.15) is 12.4 Å². The van der Waals surface area contributed by atoms with E-state index in [-0.39, 0.29) is 35.1 Å². The maximum absolute atomic E-state index is 13.7. The molecule has 1 atom stereocenters. The molecule has 8 rings (SSSR count). The van der Waals surface area contributed by atoms with Crippen LogP contribution in [-0.4, -0.2) is 72.5 Å². The van der Waals surface area contributed by atoms with E-state index in [9.17, 15) is 24.3 Å². The Bertz CT molecular complexity index is 2500. The number of ether oxygens (including phenoxy) is 4. The standard InChI is InChI=1S/C42H39ClN2O6.C7H16N2O3/c1-3-30-31-20-29(51-39(47)26-10-8-25(9-11-26)22-41(18-6-5-7-19-41)27-12-14-28(43)15-13-27)16-17-35(31)44-37-32(30)23-45-36(37)21-34-33(38(45)46)24-50-40(48)42(34,49)4-2;8-1-3-11-5-6-12-4-2-9-7-10/h8-17,20-21,49H,3-7,18-19,22-24H2,1-2H3;7H,1-6,8H2,(H,9,10). The molecule has 3 aliphatic rings. The molecule has 3 aromatic carbocycles. The first-order chi connectivity index (χ1) is 30.5. The molecule has 332 valence electrons. The molecule has 14 heteroatoms. The molecular weight excluding hydrogens is 824 g/mol. The number of carbonyl (C=O) groups excluding carboxylic acids is 3. The van der Waals surface area contributed by atoms with Crippen molar-refractivity contribution < 1.29 is 38.4 Å². The quantitative estimate of drug-likeness (QED) is 0.0408. The minimum absolute atomic E-state index is 0.0576. The van der Waals surface area contributed by atoms with E-state index in [1.54, 1.807) is 23.6 Å². The summed E-state index contributed by atoms with van der Waals surface area (Å²) in [7, 11) is 0. The molecule has 4 heterocycles. The van der Waals surface area contributed by atoms with E-state index in [4.69, 9.17) is 41.3 Å². The number of aryl methyl sites for hydroxylation is 1. The summed E-state index contributed by atoms with van der Waals surface area (Å²) in [5.41, 5.74) is 10.4. The van der Waals surface area contributed by atoms with Crippen molar-refractivity contribution in [3.05, 3.63) is 127 Å². The molecule has 0 bridgehead atoms. The Balaban J connectivity index is 0.000000435. The van der Waals surface area contributed by atoms with Crippen molar-refractivity contribution in [2.75, 3.05) is 39.5 Å². The van der Waals surface area contributed by atoms with Crippen LogP contribution in [0.3, 0.4) is 0 Å². The van der Waals surface area contributed by atoms with Gasteiger partial charge in [0.15, 0.2) is 5.60 Å². The van der Waals surface area contributed by atoms with Gasteiger partial charge in [-0.1, -0.05) is 69.0 Å². The number of carbonyl (C=O) groups is 3. The Morgan fingerprint density at radius 1 is 0.952 bits per heavy atom. The number of hydrogen-bond donors (Lipinski definition) is 3. The van der Waals surface area contributed by atoms with Crippen molar-refractivity contribution in [3.63, 3.8) is 0 Å². The monoisotopic (exact) mass is 878 g/mol. The van der Waals surface area contributed by atoms with Crippen LogP contribution in [0.15, 0.2) is 77.6 Å². The second kappa shape index (κ2) is 20.4. The van der Waals surface area contributed by atoms with E-state index in [2.05, 4.69) is 17.4 Å². The maximum Gasteiger partial charge on any atom is 0.343 e. The van der Waals surface area contributed by atoms with E-state index in [1.807, 2.05) is 55.5 Å². The van der Waals surface area contributed by atoms with Gasteiger partial charge in [-0.15, -0.1) is 0 Å². The lowest BCUT2D eigenvalue weighted by molar-refractivity contribution is -0.172. The van der Waals surface area contributed by atoms with E-state index < -0.39 is 17.5 Å². The zero-order chi connectivity index (χ0) is 44.6. The summed E-state index contributed by atoms with van der Waals surface area (Å²) in [6.07, 6.45) is 8.19. The molecule has 4 N–H and O–H groups in total. The fourth-order valence-electron chi connectivity index (χ4n) is 9.12. The zero-order valence-electron chi connectivity index (χ0n) is 35.9. The predicted octanol–water partition coefficient (Wildman–Crippen LogP) is 6.68. The number of aliphatic hydroxyl groups is 1. The molecule has 0 spiro atoms. The molecular formula is C49H55ClN4O9. The van der Waals surface area contributed by atoms with Crippen molar-refractivity contribution in [1.29, 1.82) is 0 Å². The Morgan fingerprint density at radius 2 is 1.68 bits per heavy atom. The van der Waals surface area contributed by atoms with Crippen LogP contribution in [-0.2, 0) is 60.8 Å². The lowest BCUT2D eigenvalue weighted by atomic mass is 9.66. The minimum atomic E-state index is -1.89. The van der Waals surface area contributed by atoms with Crippen molar-refractivity contribution in [1.82, 2.24) is 14.9 Å². The predicted molar refractivity (Wildman–Crippen MR) is 240 cm³/mol. The maximum atomic E-state index is 13.7. The molecule has 63 heavy (non-hydrogen) atoms. The van der Waals surface area contributed by atoms with Gasteiger partial charge in [0.05, 0.1) is 61.0 Å². The SMILES string of the molecule is CCc1c2c(nc3ccc(OC(=O)c4ccc(CC5(c6ccc(Cl)cc6)CCCCC5)cc4)cc13)-c1cc3c(c(=O)n1C2)COC(=O)C3(O)CC.NCCOCCOCCNC=O. The summed E-state index contributed by atoms with van der Waals surface area (Å²) in [6, 6.07) is 23.1.